The van der Waals surface area contributed by atoms with Crippen LogP contribution in [0.3, 0.4) is 0 Å². The number of amides is 1. The maximum absolute atomic E-state index is 11.3. The van der Waals surface area contributed by atoms with Crippen molar-refractivity contribution in [3.8, 4) is 0 Å². The number of hydrogen-bond acceptors (Lipinski definition) is 3. The molecule has 1 amide bonds. The second-order valence-electron chi connectivity index (χ2n) is 5.73. The van der Waals surface area contributed by atoms with Crippen LogP contribution in [0, 0.1) is 5.41 Å². The molecule has 0 aromatic heterocycles. The van der Waals surface area contributed by atoms with Gasteiger partial charge >= 0.3 is 0 Å². The molecule has 3 N–H and O–H groups in total. The molecule has 4 nitrogen and oxygen atoms in total. The summed E-state index contributed by atoms with van der Waals surface area (Å²) in [6, 6.07) is 0.298. The highest BCUT2D eigenvalue weighted by Crippen LogP contribution is 2.46. The van der Waals surface area contributed by atoms with Crippen LogP contribution in [-0.4, -0.2) is 30.2 Å². The monoisotopic (exact) mass is 242 g/mol. The SMILES string of the molecule is CCOC1CC(NC(C)(C)C(N)=O)C1(C)CC. The van der Waals surface area contributed by atoms with Gasteiger partial charge in [-0.25, -0.2) is 0 Å². The average Bonchev–Trinajstić information content (AvgIpc) is 2.26. The van der Waals surface area contributed by atoms with Crippen molar-refractivity contribution in [2.24, 2.45) is 11.1 Å². The molecule has 0 aliphatic heterocycles. The molecule has 17 heavy (non-hydrogen) atoms. The first kappa shape index (κ1) is 14.5. The number of nitrogens with one attached hydrogen (secondary N) is 1. The molecule has 1 rings (SSSR count). The Morgan fingerprint density at radius 1 is 1.53 bits per heavy atom. The van der Waals surface area contributed by atoms with Gasteiger partial charge in [-0.1, -0.05) is 13.8 Å². The number of primary amides is 1. The van der Waals surface area contributed by atoms with Gasteiger partial charge in [-0.15, -0.1) is 0 Å². The summed E-state index contributed by atoms with van der Waals surface area (Å²) in [5, 5.41) is 3.37. The summed E-state index contributed by atoms with van der Waals surface area (Å²) in [6.45, 7) is 10.8. The molecule has 1 saturated carbocycles. The third kappa shape index (κ3) is 2.63. The smallest absolute Gasteiger partial charge is 0.237 e. The van der Waals surface area contributed by atoms with Gasteiger partial charge in [-0.2, -0.15) is 0 Å². The van der Waals surface area contributed by atoms with Crippen LogP contribution in [0.15, 0.2) is 0 Å². The van der Waals surface area contributed by atoms with Crippen molar-refractivity contribution >= 4 is 5.91 Å². The fourth-order valence-corrected chi connectivity index (χ4v) is 2.48. The predicted octanol–water partition coefficient (Wildman–Crippen LogP) is 1.43. The van der Waals surface area contributed by atoms with Gasteiger partial charge in [0.15, 0.2) is 0 Å². The topological polar surface area (TPSA) is 64.3 Å². The third-order valence-electron chi connectivity index (χ3n) is 4.26. The van der Waals surface area contributed by atoms with Crippen LogP contribution in [-0.2, 0) is 9.53 Å². The maximum atomic E-state index is 11.3. The summed E-state index contributed by atoms with van der Waals surface area (Å²) in [5.41, 5.74) is 4.83. The Morgan fingerprint density at radius 2 is 2.12 bits per heavy atom. The van der Waals surface area contributed by atoms with Gasteiger partial charge in [-0.05, 0) is 33.6 Å². The minimum Gasteiger partial charge on any atom is -0.378 e. The summed E-state index contributed by atoms with van der Waals surface area (Å²) in [7, 11) is 0. The molecule has 1 fully saturated rings. The Morgan fingerprint density at radius 3 is 2.53 bits per heavy atom. The molecule has 4 heteroatoms. The Balaban J connectivity index is 2.66. The van der Waals surface area contributed by atoms with Crippen LogP contribution in [0.2, 0.25) is 0 Å². The minimum atomic E-state index is -0.654. The lowest BCUT2D eigenvalue weighted by Crippen LogP contribution is -2.68. The van der Waals surface area contributed by atoms with Gasteiger partial charge in [0, 0.05) is 18.1 Å². The minimum absolute atomic E-state index is 0.0999. The molecule has 1 aliphatic rings. The molecular weight excluding hydrogens is 216 g/mol. The summed E-state index contributed by atoms with van der Waals surface area (Å²) < 4.78 is 5.73. The fraction of sp³-hybridized carbons (Fsp3) is 0.923. The van der Waals surface area contributed by atoms with Crippen molar-refractivity contribution < 1.29 is 9.53 Å². The molecular formula is C13H26N2O2. The van der Waals surface area contributed by atoms with E-state index >= 15 is 0 Å². The zero-order valence-electron chi connectivity index (χ0n) is 11.7. The van der Waals surface area contributed by atoms with E-state index < -0.39 is 5.54 Å². The van der Waals surface area contributed by atoms with E-state index in [1.165, 1.54) is 0 Å². The number of rotatable bonds is 6. The summed E-state index contributed by atoms with van der Waals surface area (Å²) in [6.07, 6.45) is 2.28. The molecule has 0 bridgehead atoms. The first-order valence-corrected chi connectivity index (χ1v) is 6.47. The third-order valence-corrected chi connectivity index (χ3v) is 4.26. The van der Waals surface area contributed by atoms with Gasteiger partial charge in [-0.3, -0.25) is 4.79 Å². The van der Waals surface area contributed by atoms with Crippen molar-refractivity contribution in [3.05, 3.63) is 0 Å². The Hall–Kier alpha value is -0.610. The van der Waals surface area contributed by atoms with Gasteiger partial charge in [0.2, 0.25) is 5.91 Å². The number of hydrogen-bond donors (Lipinski definition) is 2. The highest BCUT2D eigenvalue weighted by atomic mass is 16.5. The number of ether oxygens (including phenoxy) is 1. The van der Waals surface area contributed by atoms with E-state index in [4.69, 9.17) is 10.5 Å². The molecule has 0 radical (unpaired) electrons. The maximum Gasteiger partial charge on any atom is 0.237 e. The van der Waals surface area contributed by atoms with E-state index in [1.807, 2.05) is 20.8 Å². The van der Waals surface area contributed by atoms with Crippen molar-refractivity contribution in [3.63, 3.8) is 0 Å². The van der Waals surface area contributed by atoms with E-state index in [1.54, 1.807) is 0 Å². The van der Waals surface area contributed by atoms with E-state index in [2.05, 4.69) is 19.2 Å². The van der Waals surface area contributed by atoms with Crippen molar-refractivity contribution in [2.75, 3.05) is 6.61 Å². The van der Waals surface area contributed by atoms with Crippen LogP contribution in [0.1, 0.15) is 47.5 Å². The van der Waals surface area contributed by atoms with E-state index in [0.717, 1.165) is 19.4 Å². The molecule has 3 unspecified atom stereocenters. The first-order chi connectivity index (χ1) is 7.78. The molecule has 0 aromatic rings. The van der Waals surface area contributed by atoms with Crippen molar-refractivity contribution in [2.45, 2.75) is 65.1 Å². The normalized spacial score (nSPS) is 33.2. The van der Waals surface area contributed by atoms with Gasteiger partial charge in [0.1, 0.15) is 0 Å². The molecule has 3 atom stereocenters. The van der Waals surface area contributed by atoms with Gasteiger partial charge in [0.25, 0.3) is 0 Å². The Kier molecular flexibility index (Phi) is 4.20. The standard InChI is InChI=1S/C13H26N2O2/c1-6-13(5)9(8-10(13)17-7-2)15-12(3,4)11(14)16/h9-10,15H,6-8H2,1-5H3,(H2,14,16). The second-order valence-corrected chi connectivity index (χ2v) is 5.73. The van der Waals surface area contributed by atoms with Crippen LogP contribution >= 0.6 is 0 Å². The van der Waals surface area contributed by atoms with Crippen LogP contribution in [0.25, 0.3) is 0 Å². The first-order valence-electron chi connectivity index (χ1n) is 6.47. The molecule has 0 aromatic carbocycles. The second kappa shape index (κ2) is 4.94. The van der Waals surface area contributed by atoms with Crippen LogP contribution in [0.5, 0.6) is 0 Å². The Labute approximate surface area is 104 Å². The number of nitrogens with two attached hydrogens (primary N) is 1. The summed E-state index contributed by atoms with van der Waals surface area (Å²) in [5.74, 6) is -0.309. The summed E-state index contributed by atoms with van der Waals surface area (Å²) >= 11 is 0. The number of carbonyl (C=O) groups is 1. The lowest BCUT2D eigenvalue weighted by Gasteiger charge is -2.55. The largest absolute Gasteiger partial charge is 0.378 e. The van der Waals surface area contributed by atoms with E-state index in [9.17, 15) is 4.79 Å². The van der Waals surface area contributed by atoms with E-state index in [0.29, 0.717) is 12.1 Å². The zero-order chi connectivity index (χ0) is 13.3. The fourth-order valence-electron chi connectivity index (χ4n) is 2.48. The molecule has 0 spiro atoms. The van der Waals surface area contributed by atoms with Crippen LogP contribution in [0.4, 0.5) is 0 Å². The average molecular weight is 242 g/mol. The predicted molar refractivity (Wildman–Crippen MR) is 68.6 cm³/mol. The molecule has 0 heterocycles. The highest BCUT2D eigenvalue weighted by Gasteiger charge is 2.52. The van der Waals surface area contributed by atoms with Gasteiger partial charge in [0.05, 0.1) is 11.6 Å². The number of carbonyl (C=O) groups excluding carboxylic acids is 1. The van der Waals surface area contributed by atoms with Crippen molar-refractivity contribution in [1.29, 1.82) is 0 Å². The summed E-state index contributed by atoms with van der Waals surface area (Å²) in [4.78, 5) is 11.3. The lowest BCUT2D eigenvalue weighted by molar-refractivity contribution is -0.139. The molecule has 1 aliphatic carbocycles. The Bertz CT molecular complexity index is 291. The highest BCUT2D eigenvalue weighted by molar-refractivity contribution is 5.83. The quantitative estimate of drug-likeness (QED) is 0.740. The lowest BCUT2D eigenvalue weighted by atomic mass is 9.61. The molecule has 0 saturated heterocycles. The van der Waals surface area contributed by atoms with Crippen LogP contribution < -0.4 is 11.1 Å². The van der Waals surface area contributed by atoms with Crippen molar-refractivity contribution in [1.82, 2.24) is 5.32 Å². The van der Waals surface area contributed by atoms with E-state index in [-0.39, 0.29) is 11.3 Å². The van der Waals surface area contributed by atoms with Gasteiger partial charge < -0.3 is 15.8 Å². The zero-order valence-corrected chi connectivity index (χ0v) is 11.7. The molecule has 100 valence electrons.